The molecule has 0 atom stereocenters. The van der Waals surface area contributed by atoms with E-state index in [4.69, 9.17) is 0 Å². The van der Waals surface area contributed by atoms with Crippen molar-refractivity contribution in [3.05, 3.63) is 246 Å². The smallest absolute Gasteiger partial charge is 0.0726 e. The minimum absolute atomic E-state index is 0.204. The van der Waals surface area contributed by atoms with Gasteiger partial charge in [-0.1, -0.05) is 190 Å². The molecule has 1 nitrogen and oxygen atoms in total. The molecule has 0 N–H and O–H groups in total. The summed E-state index contributed by atoms with van der Waals surface area (Å²) < 4.78 is 0. The molecule has 0 unspecified atom stereocenters. The third-order valence-electron chi connectivity index (χ3n) is 14.3. The first kappa shape index (κ1) is 34.4. The SMILES string of the molecule is CC1(C)c2ccc(-c3cccc4ccccc34)cc2-c2c(N(c3ccccc3)c3ccc4c(c3)C3(c5ccccc5-c5ccccc53)c3ccccc3-4)ccc3cccc1c23. The zero-order valence-electron chi connectivity index (χ0n) is 34.2. The zero-order valence-corrected chi connectivity index (χ0v) is 34.2. The van der Waals surface area contributed by atoms with Crippen LogP contribution in [0.15, 0.2) is 212 Å². The van der Waals surface area contributed by atoms with Gasteiger partial charge in [-0.05, 0) is 130 Å². The molecule has 61 heavy (non-hydrogen) atoms. The third-order valence-corrected chi connectivity index (χ3v) is 14.3. The molecule has 0 fully saturated rings. The van der Waals surface area contributed by atoms with Crippen molar-refractivity contribution in [2.75, 3.05) is 4.90 Å². The molecule has 0 saturated carbocycles. The molecule has 0 amide bonds. The Labute approximate surface area is 356 Å². The second-order valence-corrected chi connectivity index (χ2v) is 17.6. The summed E-state index contributed by atoms with van der Waals surface area (Å²) in [5.74, 6) is 0. The summed E-state index contributed by atoms with van der Waals surface area (Å²) in [5, 5.41) is 5.12. The molecule has 0 aromatic heterocycles. The van der Waals surface area contributed by atoms with Gasteiger partial charge in [-0.2, -0.15) is 0 Å². The van der Waals surface area contributed by atoms with E-state index in [0.717, 1.165) is 11.4 Å². The first-order valence-corrected chi connectivity index (χ1v) is 21.5. The molecule has 3 aliphatic carbocycles. The number of fused-ring (bicyclic) bond motifs is 13. The van der Waals surface area contributed by atoms with E-state index >= 15 is 0 Å². The van der Waals surface area contributed by atoms with Crippen molar-refractivity contribution >= 4 is 38.6 Å². The van der Waals surface area contributed by atoms with Crippen molar-refractivity contribution in [2.24, 2.45) is 0 Å². The van der Waals surface area contributed by atoms with Gasteiger partial charge in [-0.25, -0.2) is 0 Å². The highest BCUT2D eigenvalue weighted by Gasteiger charge is 2.51. The van der Waals surface area contributed by atoms with Crippen LogP contribution in [-0.2, 0) is 10.8 Å². The minimum Gasteiger partial charge on any atom is -0.310 e. The molecule has 0 saturated heterocycles. The quantitative estimate of drug-likeness (QED) is 0.172. The molecule has 3 aliphatic rings. The van der Waals surface area contributed by atoms with E-state index in [0.29, 0.717) is 0 Å². The second-order valence-electron chi connectivity index (χ2n) is 17.6. The fourth-order valence-electron chi connectivity index (χ4n) is 11.7. The highest BCUT2D eigenvalue weighted by molar-refractivity contribution is 6.11. The Morgan fingerprint density at radius 3 is 1.66 bits per heavy atom. The van der Waals surface area contributed by atoms with Crippen molar-refractivity contribution in [3.63, 3.8) is 0 Å². The normalized spacial score (nSPS) is 14.3. The molecular weight excluding hydrogens is 735 g/mol. The van der Waals surface area contributed by atoms with Crippen LogP contribution in [0.4, 0.5) is 17.1 Å². The Kier molecular flexibility index (Phi) is 7.06. The zero-order chi connectivity index (χ0) is 40.5. The lowest BCUT2D eigenvalue weighted by Gasteiger charge is -2.38. The predicted molar refractivity (Wildman–Crippen MR) is 255 cm³/mol. The molecule has 10 aromatic rings. The van der Waals surface area contributed by atoms with E-state index in [1.165, 1.54) is 105 Å². The van der Waals surface area contributed by atoms with Gasteiger partial charge < -0.3 is 4.90 Å². The molecule has 10 aromatic carbocycles. The first-order chi connectivity index (χ1) is 30.0. The Hall–Kier alpha value is -7.48. The summed E-state index contributed by atoms with van der Waals surface area (Å²) in [6.45, 7) is 4.80. The van der Waals surface area contributed by atoms with Crippen molar-refractivity contribution in [3.8, 4) is 44.5 Å². The van der Waals surface area contributed by atoms with Gasteiger partial charge in [-0.3, -0.25) is 0 Å². The lowest BCUT2D eigenvalue weighted by Crippen LogP contribution is -2.26. The number of hydrogen-bond donors (Lipinski definition) is 0. The summed E-state index contributed by atoms with van der Waals surface area (Å²) in [6, 6.07) is 79.8. The second kappa shape index (κ2) is 12.5. The Morgan fingerprint density at radius 2 is 0.918 bits per heavy atom. The maximum atomic E-state index is 2.53. The van der Waals surface area contributed by atoms with Crippen molar-refractivity contribution in [1.29, 1.82) is 0 Å². The van der Waals surface area contributed by atoms with Gasteiger partial charge in [0.25, 0.3) is 0 Å². The lowest BCUT2D eigenvalue weighted by molar-refractivity contribution is 0.645. The summed E-state index contributed by atoms with van der Waals surface area (Å²) >= 11 is 0. The molecule has 286 valence electrons. The number of nitrogens with zero attached hydrogens (tertiary/aromatic N) is 1. The molecule has 1 heteroatoms. The fourth-order valence-corrected chi connectivity index (χ4v) is 11.7. The molecule has 0 aliphatic heterocycles. The average Bonchev–Trinajstić information content (AvgIpc) is 3.78. The number of benzene rings is 10. The number of anilines is 3. The third kappa shape index (κ3) is 4.56. The monoisotopic (exact) mass is 775 g/mol. The minimum atomic E-state index is -0.438. The van der Waals surface area contributed by atoms with Gasteiger partial charge in [0.05, 0.1) is 11.1 Å². The van der Waals surface area contributed by atoms with Gasteiger partial charge >= 0.3 is 0 Å². The summed E-state index contributed by atoms with van der Waals surface area (Å²) in [7, 11) is 0. The maximum Gasteiger partial charge on any atom is 0.0726 e. The number of rotatable bonds is 4. The standard InChI is InChI=1S/C60H41N/c1-59(2)50-34-30-40(44-25-14-17-38-16-6-7-21-43(38)44)36-49(50)58-56(35-31-39-18-15-29-54(59)57(39)58)61(41-19-4-3-5-20-41)42-32-33-48-47-24-10-13-28-53(47)60(55(48)37-42)51-26-11-8-22-45(51)46-23-9-12-27-52(46)60/h3-37H,1-2H3. The molecular formula is C60H41N. The summed E-state index contributed by atoms with van der Waals surface area (Å²) in [4.78, 5) is 2.53. The van der Waals surface area contributed by atoms with E-state index in [1.807, 2.05) is 0 Å². The van der Waals surface area contributed by atoms with Crippen LogP contribution in [0.1, 0.15) is 47.2 Å². The van der Waals surface area contributed by atoms with Gasteiger partial charge in [0, 0.05) is 22.4 Å². The van der Waals surface area contributed by atoms with Gasteiger partial charge in [-0.15, -0.1) is 0 Å². The highest BCUT2D eigenvalue weighted by Crippen LogP contribution is 2.64. The fraction of sp³-hybridized carbons (Fsp3) is 0.0667. The highest BCUT2D eigenvalue weighted by atomic mass is 15.1. The van der Waals surface area contributed by atoms with E-state index in [2.05, 4.69) is 231 Å². The van der Waals surface area contributed by atoms with Crippen LogP contribution in [-0.4, -0.2) is 0 Å². The molecule has 13 rings (SSSR count). The maximum absolute atomic E-state index is 2.53. The van der Waals surface area contributed by atoms with Crippen LogP contribution >= 0.6 is 0 Å². The molecule has 1 spiro atoms. The topological polar surface area (TPSA) is 3.24 Å². The summed E-state index contributed by atoms with van der Waals surface area (Å²) in [5.41, 5.74) is 21.2. The van der Waals surface area contributed by atoms with Gasteiger partial charge in [0.2, 0.25) is 0 Å². The summed E-state index contributed by atoms with van der Waals surface area (Å²) in [6.07, 6.45) is 0. The van der Waals surface area contributed by atoms with Crippen LogP contribution in [0.2, 0.25) is 0 Å². The van der Waals surface area contributed by atoms with Crippen molar-refractivity contribution in [1.82, 2.24) is 0 Å². The van der Waals surface area contributed by atoms with Crippen molar-refractivity contribution in [2.45, 2.75) is 24.7 Å². The van der Waals surface area contributed by atoms with Crippen LogP contribution in [0, 0.1) is 0 Å². The number of para-hydroxylation sites is 1. The first-order valence-electron chi connectivity index (χ1n) is 21.5. The largest absolute Gasteiger partial charge is 0.310 e. The van der Waals surface area contributed by atoms with Crippen LogP contribution in [0.5, 0.6) is 0 Å². The van der Waals surface area contributed by atoms with Gasteiger partial charge in [0.15, 0.2) is 0 Å². The Balaban J connectivity index is 1.11. The van der Waals surface area contributed by atoms with Crippen LogP contribution < -0.4 is 4.90 Å². The molecule has 0 heterocycles. The Morgan fingerprint density at radius 1 is 0.344 bits per heavy atom. The average molecular weight is 776 g/mol. The van der Waals surface area contributed by atoms with E-state index in [-0.39, 0.29) is 5.41 Å². The van der Waals surface area contributed by atoms with E-state index < -0.39 is 5.41 Å². The Bertz CT molecular complexity index is 3390. The predicted octanol–water partition coefficient (Wildman–Crippen LogP) is 15.8. The van der Waals surface area contributed by atoms with Crippen LogP contribution in [0.25, 0.3) is 66.1 Å². The van der Waals surface area contributed by atoms with Gasteiger partial charge in [0.1, 0.15) is 0 Å². The molecule has 0 radical (unpaired) electrons. The van der Waals surface area contributed by atoms with E-state index in [9.17, 15) is 0 Å². The van der Waals surface area contributed by atoms with E-state index in [1.54, 1.807) is 0 Å². The molecule has 0 bridgehead atoms. The number of hydrogen-bond acceptors (Lipinski definition) is 1. The van der Waals surface area contributed by atoms with Crippen molar-refractivity contribution < 1.29 is 0 Å². The lowest BCUT2D eigenvalue weighted by atomic mass is 9.67. The van der Waals surface area contributed by atoms with Crippen LogP contribution in [0.3, 0.4) is 0 Å².